The second-order valence-electron chi connectivity index (χ2n) is 6.23. The number of amides is 2. The molecule has 1 aromatic rings. The van der Waals surface area contributed by atoms with Gasteiger partial charge in [-0.1, -0.05) is 19.9 Å². The predicted molar refractivity (Wildman–Crippen MR) is 93.7 cm³/mol. The predicted octanol–water partition coefficient (Wildman–Crippen LogP) is 2.70. The average molecular weight is 335 g/mol. The molecule has 2 rings (SSSR count). The number of aromatic nitrogens is 1. The SMILES string of the molecule is C=CCN(C(=O)[C@@H](NC(C)=O)C(C)C)c1nc2c(s1)CCCC2. The molecule has 23 heavy (non-hydrogen) atoms. The fourth-order valence-corrected chi connectivity index (χ4v) is 3.91. The van der Waals surface area contributed by atoms with Crippen LogP contribution in [0.1, 0.15) is 44.2 Å². The van der Waals surface area contributed by atoms with Crippen LogP contribution >= 0.6 is 11.3 Å². The second-order valence-corrected chi connectivity index (χ2v) is 7.30. The molecule has 126 valence electrons. The molecule has 5 nitrogen and oxygen atoms in total. The quantitative estimate of drug-likeness (QED) is 0.813. The fourth-order valence-electron chi connectivity index (χ4n) is 2.75. The van der Waals surface area contributed by atoms with E-state index >= 15 is 0 Å². The average Bonchev–Trinajstić information content (AvgIpc) is 2.92. The zero-order chi connectivity index (χ0) is 17.0. The van der Waals surface area contributed by atoms with Crippen LogP contribution in [0.3, 0.4) is 0 Å². The molecule has 0 aliphatic heterocycles. The van der Waals surface area contributed by atoms with Gasteiger partial charge in [-0.15, -0.1) is 17.9 Å². The smallest absolute Gasteiger partial charge is 0.251 e. The van der Waals surface area contributed by atoms with Crippen LogP contribution in [0, 0.1) is 5.92 Å². The third-order valence-corrected chi connectivity index (χ3v) is 5.11. The number of thiazole rings is 1. The Balaban J connectivity index is 2.28. The van der Waals surface area contributed by atoms with Gasteiger partial charge in [0, 0.05) is 18.3 Å². The van der Waals surface area contributed by atoms with Crippen LogP contribution in [0.15, 0.2) is 12.7 Å². The molecule has 2 amide bonds. The number of aryl methyl sites for hydroxylation is 2. The van der Waals surface area contributed by atoms with Gasteiger partial charge in [0.25, 0.3) is 5.91 Å². The first-order valence-electron chi connectivity index (χ1n) is 8.12. The summed E-state index contributed by atoms with van der Waals surface area (Å²) < 4.78 is 0. The van der Waals surface area contributed by atoms with Gasteiger partial charge in [-0.25, -0.2) is 4.98 Å². The number of anilines is 1. The number of fused-ring (bicyclic) bond motifs is 1. The summed E-state index contributed by atoms with van der Waals surface area (Å²) in [6, 6.07) is -0.548. The molecule has 1 aromatic heterocycles. The highest BCUT2D eigenvalue weighted by atomic mass is 32.1. The molecule has 1 atom stereocenters. The van der Waals surface area contributed by atoms with Crippen molar-refractivity contribution in [1.82, 2.24) is 10.3 Å². The Morgan fingerprint density at radius 3 is 2.65 bits per heavy atom. The van der Waals surface area contributed by atoms with Crippen molar-refractivity contribution >= 4 is 28.3 Å². The Bertz CT molecular complexity index is 571. The highest BCUT2D eigenvalue weighted by Gasteiger charge is 2.30. The van der Waals surface area contributed by atoms with Crippen molar-refractivity contribution in [3.8, 4) is 0 Å². The van der Waals surface area contributed by atoms with E-state index in [1.807, 2.05) is 13.8 Å². The van der Waals surface area contributed by atoms with Gasteiger partial charge in [0.2, 0.25) is 5.91 Å². The van der Waals surface area contributed by atoms with Gasteiger partial charge in [0.05, 0.1) is 5.69 Å². The van der Waals surface area contributed by atoms with E-state index < -0.39 is 6.04 Å². The highest BCUT2D eigenvalue weighted by molar-refractivity contribution is 7.16. The Kier molecular flexibility index (Phi) is 5.93. The van der Waals surface area contributed by atoms with Crippen LogP contribution in [-0.4, -0.2) is 29.4 Å². The molecular formula is C17H25N3O2S. The summed E-state index contributed by atoms with van der Waals surface area (Å²) in [5.74, 6) is -0.316. The maximum Gasteiger partial charge on any atom is 0.251 e. The topological polar surface area (TPSA) is 62.3 Å². The van der Waals surface area contributed by atoms with Crippen molar-refractivity contribution < 1.29 is 9.59 Å². The van der Waals surface area contributed by atoms with Crippen LogP contribution in [0.2, 0.25) is 0 Å². The third-order valence-electron chi connectivity index (χ3n) is 3.93. The molecule has 1 aliphatic carbocycles. The molecule has 0 spiro atoms. The van der Waals surface area contributed by atoms with Gasteiger partial charge in [0.1, 0.15) is 6.04 Å². The van der Waals surface area contributed by atoms with E-state index in [0.29, 0.717) is 6.54 Å². The van der Waals surface area contributed by atoms with Crippen LogP contribution in [-0.2, 0) is 22.4 Å². The fraction of sp³-hybridized carbons (Fsp3) is 0.588. The molecule has 1 N–H and O–H groups in total. The lowest BCUT2D eigenvalue weighted by Crippen LogP contribution is -2.51. The van der Waals surface area contributed by atoms with Gasteiger partial charge in [-0.3, -0.25) is 14.5 Å². The zero-order valence-electron chi connectivity index (χ0n) is 14.1. The summed E-state index contributed by atoms with van der Waals surface area (Å²) in [5.41, 5.74) is 1.12. The number of carbonyl (C=O) groups excluding carboxylic acids is 2. The number of rotatable bonds is 6. The lowest BCUT2D eigenvalue weighted by Gasteiger charge is -2.27. The number of nitrogens with zero attached hydrogens (tertiary/aromatic N) is 2. The molecule has 1 heterocycles. The summed E-state index contributed by atoms with van der Waals surface area (Å²) >= 11 is 1.59. The minimum absolute atomic E-state index is 0.00769. The number of hydrogen-bond acceptors (Lipinski definition) is 4. The first-order valence-corrected chi connectivity index (χ1v) is 8.93. The number of carbonyl (C=O) groups is 2. The summed E-state index contributed by atoms with van der Waals surface area (Å²) in [5, 5.41) is 3.48. The lowest BCUT2D eigenvalue weighted by molar-refractivity contribution is -0.127. The van der Waals surface area contributed by atoms with Gasteiger partial charge < -0.3 is 5.32 Å². The maximum atomic E-state index is 13.0. The van der Waals surface area contributed by atoms with E-state index in [0.717, 1.165) is 30.1 Å². The first kappa shape index (κ1) is 17.7. The highest BCUT2D eigenvalue weighted by Crippen LogP contribution is 2.32. The second kappa shape index (κ2) is 7.73. The molecule has 0 bridgehead atoms. The molecule has 0 aromatic carbocycles. The van der Waals surface area contributed by atoms with E-state index in [1.165, 1.54) is 18.2 Å². The monoisotopic (exact) mass is 335 g/mol. The maximum absolute atomic E-state index is 13.0. The van der Waals surface area contributed by atoms with Gasteiger partial charge in [-0.05, 0) is 31.6 Å². The lowest BCUT2D eigenvalue weighted by atomic mass is 10.0. The standard InChI is InChI=1S/C17H25N3O2S/c1-5-10-20(16(22)15(11(2)3)18-12(4)21)17-19-13-8-6-7-9-14(13)23-17/h5,11,15H,1,6-10H2,2-4H3,(H,18,21)/t15-/m0/s1. The van der Waals surface area contributed by atoms with Crippen LogP contribution in [0.5, 0.6) is 0 Å². The van der Waals surface area contributed by atoms with Gasteiger partial charge in [-0.2, -0.15) is 0 Å². The molecule has 0 saturated heterocycles. The zero-order valence-corrected chi connectivity index (χ0v) is 14.9. The summed E-state index contributed by atoms with van der Waals surface area (Å²) in [6.07, 6.45) is 6.07. The van der Waals surface area contributed by atoms with Crippen LogP contribution in [0.25, 0.3) is 0 Å². The van der Waals surface area contributed by atoms with E-state index in [2.05, 4.69) is 16.9 Å². The molecule has 0 radical (unpaired) electrons. The normalized spacial score (nSPS) is 15.0. The summed E-state index contributed by atoms with van der Waals surface area (Å²) in [6.45, 7) is 9.44. The van der Waals surface area contributed by atoms with Crippen molar-refractivity contribution in [2.24, 2.45) is 5.92 Å². The Labute approximate surface area is 141 Å². The molecule has 0 saturated carbocycles. The van der Waals surface area contributed by atoms with Crippen molar-refractivity contribution in [1.29, 1.82) is 0 Å². The minimum Gasteiger partial charge on any atom is -0.344 e. The summed E-state index contributed by atoms with van der Waals surface area (Å²) in [7, 11) is 0. The van der Waals surface area contributed by atoms with Crippen LogP contribution < -0.4 is 10.2 Å². The van der Waals surface area contributed by atoms with Crippen molar-refractivity contribution in [3.63, 3.8) is 0 Å². The van der Waals surface area contributed by atoms with Crippen molar-refractivity contribution in [3.05, 3.63) is 23.2 Å². The number of hydrogen-bond donors (Lipinski definition) is 1. The van der Waals surface area contributed by atoms with Gasteiger partial charge in [0.15, 0.2) is 5.13 Å². The molecule has 0 fully saturated rings. The summed E-state index contributed by atoms with van der Waals surface area (Å²) in [4.78, 5) is 32.0. The van der Waals surface area contributed by atoms with E-state index in [-0.39, 0.29) is 17.7 Å². The van der Waals surface area contributed by atoms with Gasteiger partial charge >= 0.3 is 0 Å². The van der Waals surface area contributed by atoms with E-state index in [9.17, 15) is 9.59 Å². The van der Waals surface area contributed by atoms with Crippen LogP contribution in [0.4, 0.5) is 5.13 Å². The molecular weight excluding hydrogens is 310 g/mol. The Morgan fingerprint density at radius 2 is 2.09 bits per heavy atom. The third kappa shape index (κ3) is 4.19. The Hall–Kier alpha value is -1.69. The van der Waals surface area contributed by atoms with E-state index in [4.69, 9.17) is 0 Å². The molecule has 6 heteroatoms. The first-order chi connectivity index (χ1) is 10.9. The number of nitrogens with one attached hydrogen (secondary N) is 1. The largest absolute Gasteiger partial charge is 0.344 e. The molecule has 0 unspecified atom stereocenters. The Morgan fingerprint density at radius 1 is 1.39 bits per heavy atom. The van der Waals surface area contributed by atoms with E-state index in [1.54, 1.807) is 22.3 Å². The van der Waals surface area contributed by atoms with Crippen molar-refractivity contribution in [2.75, 3.05) is 11.4 Å². The minimum atomic E-state index is -0.548. The molecule has 1 aliphatic rings. The van der Waals surface area contributed by atoms with Crippen molar-refractivity contribution in [2.45, 2.75) is 52.5 Å².